The predicted molar refractivity (Wildman–Crippen MR) is 101 cm³/mol. The van der Waals surface area contributed by atoms with Gasteiger partial charge in [0.15, 0.2) is 0 Å². The maximum atomic E-state index is 12.9. The van der Waals surface area contributed by atoms with E-state index in [2.05, 4.69) is 10.3 Å². The number of aryl methyl sites for hydroxylation is 1. The summed E-state index contributed by atoms with van der Waals surface area (Å²) in [7, 11) is 0. The van der Waals surface area contributed by atoms with Crippen LogP contribution in [0.4, 0.5) is 0 Å². The van der Waals surface area contributed by atoms with Gasteiger partial charge < -0.3 is 5.32 Å². The van der Waals surface area contributed by atoms with Crippen molar-refractivity contribution < 1.29 is 4.79 Å². The molecule has 1 amide bonds. The Morgan fingerprint density at radius 1 is 1.28 bits per heavy atom. The molecule has 0 radical (unpaired) electrons. The summed E-state index contributed by atoms with van der Waals surface area (Å²) in [6.07, 6.45) is 5.65. The molecule has 1 aliphatic rings. The van der Waals surface area contributed by atoms with Crippen LogP contribution in [-0.4, -0.2) is 21.5 Å². The number of nitrogens with one attached hydrogen (secondary N) is 1. The number of aromatic nitrogens is 2. The molecule has 3 aromatic rings. The fraction of sp³-hybridized carbons (Fsp3) is 0.421. The topological polar surface area (TPSA) is 64.0 Å². The van der Waals surface area contributed by atoms with Crippen LogP contribution in [0.2, 0.25) is 0 Å². The number of carbonyl (C=O) groups excluding carboxylic acids is 1. The third-order valence-electron chi connectivity index (χ3n) is 4.94. The summed E-state index contributed by atoms with van der Waals surface area (Å²) < 4.78 is 3.17. The lowest BCUT2D eigenvalue weighted by atomic mass is 9.95. The zero-order chi connectivity index (χ0) is 17.4. The van der Waals surface area contributed by atoms with Crippen LogP contribution in [0.5, 0.6) is 0 Å². The van der Waals surface area contributed by atoms with E-state index in [1.165, 1.54) is 35.2 Å². The first-order valence-electron chi connectivity index (χ1n) is 8.81. The molecule has 0 saturated heterocycles. The minimum absolute atomic E-state index is 0.0400. The number of nitrogens with zero attached hydrogens (tertiary/aromatic N) is 2. The lowest BCUT2D eigenvalue weighted by Gasteiger charge is -2.23. The fourth-order valence-electron chi connectivity index (χ4n) is 3.63. The predicted octanol–water partition coefficient (Wildman–Crippen LogP) is 3.37. The number of fused-ring (bicyclic) bond motifs is 3. The molecule has 2 heterocycles. The van der Waals surface area contributed by atoms with Gasteiger partial charge in [-0.1, -0.05) is 37.5 Å². The van der Waals surface area contributed by atoms with Crippen LogP contribution in [0.3, 0.4) is 0 Å². The number of amides is 1. The van der Waals surface area contributed by atoms with Crippen molar-refractivity contribution in [3.8, 4) is 0 Å². The van der Waals surface area contributed by atoms with Gasteiger partial charge in [-0.3, -0.25) is 14.2 Å². The molecule has 0 spiro atoms. The molecule has 130 valence electrons. The Balaban J connectivity index is 1.66. The number of thiophene rings is 1. The first-order valence-corrected chi connectivity index (χ1v) is 9.63. The molecular weight excluding hydrogens is 334 g/mol. The molecule has 4 rings (SSSR count). The Morgan fingerprint density at radius 2 is 2.04 bits per heavy atom. The van der Waals surface area contributed by atoms with Crippen molar-refractivity contribution in [2.24, 2.45) is 0 Å². The number of benzene rings is 1. The second kappa shape index (κ2) is 6.59. The monoisotopic (exact) mass is 355 g/mol. The van der Waals surface area contributed by atoms with Gasteiger partial charge in [-0.25, -0.2) is 4.98 Å². The van der Waals surface area contributed by atoms with Crippen LogP contribution in [0, 0.1) is 6.92 Å². The molecule has 1 fully saturated rings. The Kier molecular flexibility index (Phi) is 4.29. The van der Waals surface area contributed by atoms with Crippen molar-refractivity contribution in [2.45, 2.75) is 51.6 Å². The van der Waals surface area contributed by atoms with Gasteiger partial charge in [0.1, 0.15) is 17.1 Å². The van der Waals surface area contributed by atoms with E-state index in [4.69, 9.17) is 0 Å². The first kappa shape index (κ1) is 16.3. The van der Waals surface area contributed by atoms with Gasteiger partial charge in [0.25, 0.3) is 5.56 Å². The van der Waals surface area contributed by atoms with Crippen molar-refractivity contribution in [2.75, 3.05) is 0 Å². The van der Waals surface area contributed by atoms with E-state index in [1.54, 1.807) is 6.92 Å². The van der Waals surface area contributed by atoms with E-state index in [0.29, 0.717) is 10.5 Å². The summed E-state index contributed by atoms with van der Waals surface area (Å²) in [5, 5.41) is 4.07. The van der Waals surface area contributed by atoms with E-state index in [-0.39, 0.29) is 24.1 Å². The number of hydrogen-bond donors (Lipinski definition) is 1. The minimum atomic E-state index is -0.123. The highest BCUT2D eigenvalue weighted by molar-refractivity contribution is 7.25. The lowest BCUT2D eigenvalue weighted by molar-refractivity contribution is -0.122. The Bertz CT molecular complexity index is 999. The van der Waals surface area contributed by atoms with E-state index >= 15 is 0 Å². The van der Waals surface area contributed by atoms with Gasteiger partial charge in [-0.15, -0.1) is 11.3 Å². The Morgan fingerprint density at radius 3 is 2.84 bits per heavy atom. The SMILES string of the molecule is Cc1nc2c(sc3ccccc32)c(=O)n1CC(=O)NC1CCCCC1. The molecule has 1 aromatic carbocycles. The van der Waals surface area contributed by atoms with Crippen molar-refractivity contribution in [1.29, 1.82) is 0 Å². The molecule has 1 saturated carbocycles. The average molecular weight is 355 g/mol. The summed E-state index contributed by atoms with van der Waals surface area (Å²) in [4.78, 5) is 29.9. The van der Waals surface area contributed by atoms with Crippen LogP contribution in [-0.2, 0) is 11.3 Å². The standard InChI is InChI=1S/C19H21N3O2S/c1-12-20-17-14-9-5-6-10-15(14)25-18(17)19(24)22(12)11-16(23)21-13-7-3-2-4-8-13/h5-6,9-10,13H,2-4,7-8,11H2,1H3,(H,21,23). The van der Waals surface area contributed by atoms with Gasteiger partial charge >= 0.3 is 0 Å². The van der Waals surface area contributed by atoms with Crippen molar-refractivity contribution in [3.05, 3.63) is 40.4 Å². The van der Waals surface area contributed by atoms with E-state index in [1.807, 2.05) is 24.3 Å². The van der Waals surface area contributed by atoms with E-state index < -0.39 is 0 Å². The second-order valence-corrected chi connectivity index (χ2v) is 7.78. The van der Waals surface area contributed by atoms with Crippen LogP contribution in [0.15, 0.2) is 29.1 Å². The molecule has 0 unspecified atom stereocenters. The van der Waals surface area contributed by atoms with Crippen LogP contribution >= 0.6 is 11.3 Å². The quantitative estimate of drug-likeness (QED) is 0.783. The molecule has 1 N–H and O–H groups in total. The molecule has 2 aromatic heterocycles. The summed E-state index contributed by atoms with van der Waals surface area (Å²) in [5.74, 6) is 0.485. The molecule has 1 aliphatic carbocycles. The average Bonchev–Trinajstić information content (AvgIpc) is 2.98. The smallest absolute Gasteiger partial charge is 0.272 e. The third-order valence-corrected chi connectivity index (χ3v) is 6.09. The van der Waals surface area contributed by atoms with Gasteiger partial charge in [-0.05, 0) is 25.8 Å². The summed E-state index contributed by atoms with van der Waals surface area (Å²) in [6, 6.07) is 8.14. The van der Waals surface area contributed by atoms with Crippen molar-refractivity contribution in [3.63, 3.8) is 0 Å². The molecule has 6 heteroatoms. The first-order chi connectivity index (χ1) is 12.1. The molecule has 0 atom stereocenters. The largest absolute Gasteiger partial charge is 0.352 e. The zero-order valence-corrected chi connectivity index (χ0v) is 15.1. The number of carbonyl (C=O) groups is 1. The van der Waals surface area contributed by atoms with Crippen LogP contribution < -0.4 is 10.9 Å². The highest BCUT2D eigenvalue weighted by Crippen LogP contribution is 2.30. The van der Waals surface area contributed by atoms with Crippen LogP contribution in [0.25, 0.3) is 20.3 Å². The summed E-state index contributed by atoms with van der Waals surface area (Å²) in [5.41, 5.74) is 0.620. The van der Waals surface area contributed by atoms with Crippen molar-refractivity contribution in [1.82, 2.24) is 14.9 Å². The highest BCUT2D eigenvalue weighted by atomic mass is 32.1. The van der Waals surface area contributed by atoms with Gasteiger partial charge in [0, 0.05) is 16.1 Å². The Hall–Kier alpha value is -2.21. The minimum Gasteiger partial charge on any atom is -0.352 e. The fourth-order valence-corrected chi connectivity index (χ4v) is 4.72. The van der Waals surface area contributed by atoms with Gasteiger partial charge in [-0.2, -0.15) is 0 Å². The Labute approximate surface area is 149 Å². The molecule has 5 nitrogen and oxygen atoms in total. The van der Waals surface area contributed by atoms with Crippen LogP contribution in [0.1, 0.15) is 37.9 Å². The number of hydrogen-bond acceptors (Lipinski definition) is 4. The molecular formula is C19H21N3O2S. The highest BCUT2D eigenvalue weighted by Gasteiger charge is 2.18. The van der Waals surface area contributed by atoms with Crippen molar-refractivity contribution >= 4 is 37.5 Å². The maximum absolute atomic E-state index is 12.9. The second-order valence-electron chi connectivity index (χ2n) is 6.73. The normalized spacial score (nSPS) is 15.7. The van der Waals surface area contributed by atoms with Gasteiger partial charge in [0.05, 0.1) is 5.52 Å². The van der Waals surface area contributed by atoms with E-state index in [0.717, 1.165) is 28.4 Å². The van der Waals surface area contributed by atoms with Gasteiger partial charge in [0.2, 0.25) is 5.91 Å². The maximum Gasteiger partial charge on any atom is 0.272 e. The molecule has 0 aliphatic heterocycles. The summed E-state index contributed by atoms with van der Waals surface area (Å²) >= 11 is 1.45. The lowest BCUT2D eigenvalue weighted by Crippen LogP contribution is -2.40. The molecule has 25 heavy (non-hydrogen) atoms. The summed E-state index contributed by atoms with van der Waals surface area (Å²) in [6.45, 7) is 1.83. The molecule has 0 bridgehead atoms. The third kappa shape index (κ3) is 3.06. The number of rotatable bonds is 3. The van der Waals surface area contributed by atoms with E-state index in [9.17, 15) is 9.59 Å². The zero-order valence-electron chi connectivity index (χ0n) is 14.2.